The Morgan fingerprint density at radius 3 is 2.55 bits per heavy atom. The van der Waals surface area contributed by atoms with Crippen molar-refractivity contribution in [2.24, 2.45) is 0 Å². The molecule has 1 aliphatic heterocycles. The summed E-state index contributed by atoms with van der Waals surface area (Å²) in [5.74, 6) is 0.834. The van der Waals surface area contributed by atoms with Crippen molar-refractivity contribution in [3.05, 3.63) is 24.5 Å². The van der Waals surface area contributed by atoms with Crippen LogP contribution in [0, 0.1) is 0 Å². The van der Waals surface area contributed by atoms with Gasteiger partial charge in [0.15, 0.2) is 0 Å². The summed E-state index contributed by atoms with van der Waals surface area (Å²) in [6.07, 6.45) is 5.34. The first-order valence-electron chi connectivity index (χ1n) is 6.67. The molecule has 1 aliphatic rings. The molecule has 1 aromatic rings. The van der Waals surface area contributed by atoms with Gasteiger partial charge in [0.1, 0.15) is 5.54 Å². The molecule has 0 aromatic carbocycles. The summed E-state index contributed by atoms with van der Waals surface area (Å²) in [5, 5.41) is 2.69. The van der Waals surface area contributed by atoms with E-state index in [0.717, 1.165) is 18.6 Å². The van der Waals surface area contributed by atoms with E-state index in [1.54, 1.807) is 38.0 Å². The second-order valence-electron chi connectivity index (χ2n) is 5.25. The van der Waals surface area contributed by atoms with Crippen LogP contribution < -0.4 is 5.32 Å². The van der Waals surface area contributed by atoms with Crippen molar-refractivity contribution in [1.82, 2.24) is 15.2 Å². The van der Waals surface area contributed by atoms with E-state index < -0.39 is 5.54 Å². The normalized spacial score (nSPS) is 17.4. The molecule has 0 aliphatic carbocycles. The molecule has 1 aromatic heterocycles. The summed E-state index contributed by atoms with van der Waals surface area (Å²) in [7, 11) is 0. The Morgan fingerprint density at radius 2 is 1.95 bits per heavy atom. The lowest BCUT2D eigenvalue weighted by atomic mass is 10.1. The third-order valence-electron chi connectivity index (χ3n) is 3.14. The topological polar surface area (TPSA) is 62.3 Å². The van der Waals surface area contributed by atoms with Crippen LogP contribution in [-0.2, 0) is 4.79 Å². The van der Waals surface area contributed by atoms with Gasteiger partial charge in [-0.15, -0.1) is 11.8 Å². The Kier molecular flexibility index (Phi) is 4.65. The quantitative estimate of drug-likeness (QED) is 0.496. The van der Waals surface area contributed by atoms with Gasteiger partial charge in [-0.1, -0.05) is 0 Å². The Balaban J connectivity index is 1.69. The van der Waals surface area contributed by atoms with Gasteiger partial charge in [-0.05, 0) is 44.6 Å². The zero-order valence-corrected chi connectivity index (χ0v) is 12.6. The molecule has 2 heterocycles. The van der Waals surface area contributed by atoms with Gasteiger partial charge in [-0.3, -0.25) is 14.7 Å². The average Bonchev–Trinajstić information content (AvgIpc) is 2.61. The predicted molar refractivity (Wildman–Crippen MR) is 78.5 cm³/mol. The molecule has 108 valence electrons. The smallest absolute Gasteiger partial charge is 0.324 e. The van der Waals surface area contributed by atoms with E-state index in [9.17, 15) is 9.59 Å². The Hall–Kier alpha value is -1.56. The molecule has 1 fully saturated rings. The van der Waals surface area contributed by atoms with E-state index in [-0.39, 0.29) is 11.9 Å². The first-order chi connectivity index (χ1) is 9.50. The van der Waals surface area contributed by atoms with Gasteiger partial charge in [0.25, 0.3) is 5.91 Å². The first-order valence-corrected chi connectivity index (χ1v) is 7.66. The van der Waals surface area contributed by atoms with Crippen LogP contribution in [0.5, 0.6) is 0 Å². The monoisotopic (exact) mass is 293 g/mol. The van der Waals surface area contributed by atoms with Crippen LogP contribution in [0.4, 0.5) is 4.79 Å². The third kappa shape index (κ3) is 3.50. The number of thioether (sulfide) groups is 1. The van der Waals surface area contributed by atoms with Crippen LogP contribution >= 0.6 is 11.8 Å². The summed E-state index contributed by atoms with van der Waals surface area (Å²) in [5.41, 5.74) is -0.761. The Labute approximate surface area is 123 Å². The zero-order chi connectivity index (χ0) is 14.6. The molecule has 6 heteroatoms. The van der Waals surface area contributed by atoms with Gasteiger partial charge in [0.05, 0.1) is 0 Å². The van der Waals surface area contributed by atoms with Crippen LogP contribution in [0.1, 0.15) is 26.7 Å². The molecule has 1 N–H and O–H groups in total. The maximum Gasteiger partial charge on any atom is 0.325 e. The minimum Gasteiger partial charge on any atom is -0.324 e. The van der Waals surface area contributed by atoms with Crippen molar-refractivity contribution in [2.45, 2.75) is 37.1 Å². The Morgan fingerprint density at radius 1 is 1.25 bits per heavy atom. The van der Waals surface area contributed by atoms with Gasteiger partial charge < -0.3 is 5.32 Å². The molecule has 2 rings (SSSR count). The molecule has 0 unspecified atom stereocenters. The van der Waals surface area contributed by atoms with Crippen molar-refractivity contribution in [3.8, 4) is 0 Å². The number of imide groups is 1. The molecular weight excluding hydrogens is 274 g/mol. The Bertz CT molecular complexity index is 490. The van der Waals surface area contributed by atoms with Crippen LogP contribution in [0.25, 0.3) is 0 Å². The van der Waals surface area contributed by atoms with Crippen molar-refractivity contribution in [2.75, 3.05) is 12.3 Å². The number of carbonyl (C=O) groups excluding carboxylic acids is 2. The number of rotatable bonds is 6. The van der Waals surface area contributed by atoms with E-state index in [0.29, 0.717) is 6.54 Å². The minimum atomic E-state index is -0.761. The van der Waals surface area contributed by atoms with Crippen molar-refractivity contribution in [3.63, 3.8) is 0 Å². The summed E-state index contributed by atoms with van der Waals surface area (Å²) in [4.78, 5) is 30.1. The van der Waals surface area contributed by atoms with Gasteiger partial charge in [0.2, 0.25) is 0 Å². The lowest BCUT2D eigenvalue weighted by molar-refractivity contribution is -0.130. The molecule has 1 saturated heterocycles. The standard InChI is InChI=1S/C14H19N3O2S/c1-14(2)12(18)17(13(19)16-14)9-3-4-10-20-11-5-7-15-8-6-11/h5-8H,3-4,9-10H2,1-2H3,(H,16,19). The maximum atomic E-state index is 12.0. The first kappa shape index (κ1) is 14.8. The maximum absolute atomic E-state index is 12.0. The lowest BCUT2D eigenvalue weighted by Gasteiger charge is -2.15. The summed E-state index contributed by atoms with van der Waals surface area (Å²) >= 11 is 1.76. The molecule has 5 nitrogen and oxygen atoms in total. The van der Waals surface area contributed by atoms with Crippen molar-refractivity contribution >= 4 is 23.7 Å². The molecule has 0 spiro atoms. The van der Waals surface area contributed by atoms with Gasteiger partial charge in [0, 0.05) is 23.8 Å². The van der Waals surface area contributed by atoms with E-state index >= 15 is 0 Å². The van der Waals surface area contributed by atoms with Gasteiger partial charge in [-0.2, -0.15) is 0 Å². The highest BCUT2D eigenvalue weighted by Gasteiger charge is 2.43. The van der Waals surface area contributed by atoms with Crippen molar-refractivity contribution in [1.29, 1.82) is 0 Å². The van der Waals surface area contributed by atoms with Crippen LogP contribution in [0.2, 0.25) is 0 Å². The number of aromatic nitrogens is 1. The van der Waals surface area contributed by atoms with Gasteiger partial charge in [-0.25, -0.2) is 4.79 Å². The molecule has 0 saturated carbocycles. The number of unbranched alkanes of at least 4 members (excludes halogenated alkanes) is 1. The number of carbonyl (C=O) groups is 2. The highest BCUT2D eigenvalue weighted by Crippen LogP contribution is 2.20. The fourth-order valence-corrected chi connectivity index (χ4v) is 2.92. The predicted octanol–water partition coefficient (Wildman–Crippen LogP) is 2.28. The number of urea groups is 1. The van der Waals surface area contributed by atoms with E-state index in [4.69, 9.17) is 0 Å². The summed E-state index contributed by atoms with van der Waals surface area (Å²) in [6, 6.07) is 3.68. The second kappa shape index (κ2) is 6.26. The van der Waals surface area contributed by atoms with E-state index in [1.165, 1.54) is 9.80 Å². The van der Waals surface area contributed by atoms with Crippen LogP contribution in [0.3, 0.4) is 0 Å². The summed E-state index contributed by atoms with van der Waals surface area (Å²) < 4.78 is 0. The lowest BCUT2D eigenvalue weighted by Crippen LogP contribution is -2.40. The minimum absolute atomic E-state index is 0.135. The third-order valence-corrected chi connectivity index (χ3v) is 4.24. The fourth-order valence-electron chi connectivity index (χ4n) is 2.02. The van der Waals surface area contributed by atoms with E-state index in [1.807, 2.05) is 12.1 Å². The second-order valence-corrected chi connectivity index (χ2v) is 6.42. The number of amides is 3. The molecule has 3 amide bonds. The molecule has 0 bridgehead atoms. The zero-order valence-electron chi connectivity index (χ0n) is 11.8. The number of hydrogen-bond donors (Lipinski definition) is 1. The molecule has 20 heavy (non-hydrogen) atoms. The highest BCUT2D eigenvalue weighted by molar-refractivity contribution is 7.99. The van der Waals surface area contributed by atoms with Gasteiger partial charge >= 0.3 is 6.03 Å². The van der Waals surface area contributed by atoms with E-state index in [2.05, 4.69) is 10.3 Å². The van der Waals surface area contributed by atoms with Crippen molar-refractivity contribution < 1.29 is 9.59 Å². The number of hydrogen-bond acceptors (Lipinski definition) is 4. The van der Waals surface area contributed by atoms with Crippen LogP contribution in [0.15, 0.2) is 29.4 Å². The molecular formula is C14H19N3O2S. The SMILES string of the molecule is CC1(C)NC(=O)N(CCCCSc2ccncc2)C1=O. The average molecular weight is 293 g/mol. The molecule has 0 atom stereocenters. The largest absolute Gasteiger partial charge is 0.325 e. The summed E-state index contributed by atoms with van der Waals surface area (Å²) in [6.45, 7) is 3.95. The highest BCUT2D eigenvalue weighted by atomic mass is 32.2. The number of nitrogens with one attached hydrogen (secondary N) is 1. The fraction of sp³-hybridized carbons (Fsp3) is 0.500. The number of nitrogens with zero attached hydrogens (tertiary/aromatic N) is 2. The van der Waals surface area contributed by atoms with Crippen LogP contribution in [-0.4, -0.2) is 39.7 Å². The number of pyridine rings is 1. The molecule has 0 radical (unpaired) electrons.